The molecule has 2 aromatic rings. The third-order valence-corrected chi connectivity index (χ3v) is 4.80. The minimum absolute atomic E-state index is 0.413. The van der Waals surface area contributed by atoms with Gasteiger partial charge in [-0.3, -0.25) is 4.79 Å². The van der Waals surface area contributed by atoms with Crippen LogP contribution in [0.15, 0.2) is 36.5 Å². The molecule has 3 rings (SSSR count). The number of anilines is 2. The molecule has 1 saturated heterocycles. The van der Waals surface area contributed by atoms with Gasteiger partial charge in [-0.2, -0.15) is 4.98 Å². The monoisotopic (exact) mass is 342 g/mol. The Kier molecular flexibility index (Phi) is 4.74. The highest BCUT2D eigenvalue weighted by Gasteiger charge is 2.42. The Morgan fingerprint density at radius 3 is 2.76 bits per heavy atom. The smallest absolute Gasteiger partial charge is 0.310 e. The highest BCUT2D eigenvalue weighted by atomic mass is 16.5. The summed E-state index contributed by atoms with van der Waals surface area (Å²) in [4.78, 5) is 22.5. The molecule has 0 radical (unpaired) electrons. The average molecular weight is 342 g/mol. The molecule has 0 spiro atoms. The summed E-state index contributed by atoms with van der Waals surface area (Å²) in [6.45, 7) is 1.17. The SMILES string of the molecule is COc1cccc(CC2(C(=O)O)CCN(c3nccc(N)n3)CC2)c1. The van der Waals surface area contributed by atoms with Crippen LogP contribution in [0.3, 0.4) is 0 Å². The molecule has 132 valence electrons. The van der Waals surface area contributed by atoms with Gasteiger partial charge < -0.3 is 20.5 Å². The molecular formula is C18H22N4O3. The van der Waals surface area contributed by atoms with Gasteiger partial charge >= 0.3 is 5.97 Å². The summed E-state index contributed by atoms with van der Waals surface area (Å²) in [5.41, 5.74) is 5.89. The topological polar surface area (TPSA) is 102 Å². The minimum Gasteiger partial charge on any atom is -0.497 e. The van der Waals surface area contributed by atoms with Crippen molar-refractivity contribution < 1.29 is 14.6 Å². The van der Waals surface area contributed by atoms with Crippen molar-refractivity contribution in [2.24, 2.45) is 5.41 Å². The average Bonchev–Trinajstić information content (AvgIpc) is 2.62. The van der Waals surface area contributed by atoms with E-state index < -0.39 is 11.4 Å². The van der Waals surface area contributed by atoms with Gasteiger partial charge in [0.1, 0.15) is 11.6 Å². The number of hydrogen-bond acceptors (Lipinski definition) is 6. The fourth-order valence-corrected chi connectivity index (χ4v) is 3.29. The predicted molar refractivity (Wildman–Crippen MR) is 94.7 cm³/mol. The summed E-state index contributed by atoms with van der Waals surface area (Å²) in [6.07, 6.45) is 3.15. The standard InChI is InChI=1S/C18H22N4O3/c1-25-14-4-2-3-13(11-14)12-18(16(23)24)6-9-22(10-7-18)17-20-8-5-15(19)21-17/h2-5,8,11H,6-7,9-10,12H2,1H3,(H,23,24)(H2,19,20,21). The van der Waals surface area contributed by atoms with E-state index in [4.69, 9.17) is 10.5 Å². The van der Waals surface area contributed by atoms with Gasteiger partial charge in [-0.15, -0.1) is 0 Å². The van der Waals surface area contributed by atoms with Crippen LogP contribution < -0.4 is 15.4 Å². The van der Waals surface area contributed by atoms with Crippen molar-refractivity contribution in [2.45, 2.75) is 19.3 Å². The second kappa shape index (κ2) is 6.96. The minimum atomic E-state index is -0.789. The summed E-state index contributed by atoms with van der Waals surface area (Å²) in [5.74, 6) is 0.948. The number of benzene rings is 1. The lowest BCUT2D eigenvalue weighted by atomic mass is 9.74. The van der Waals surface area contributed by atoms with Gasteiger partial charge in [-0.05, 0) is 43.0 Å². The largest absolute Gasteiger partial charge is 0.497 e. The molecule has 7 heteroatoms. The van der Waals surface area contributed by atoms with Crippen molar-refractivity contribution in [3.63, 3.8) is 0 Å². The van der Waals surface area contributed by atoms with E-state index in [1.807, 2.05) is 29.2 Å². The Hall–Kier alpha value is -2.83. The van der Waals surface area contributed by atoms with E-state index in [1.165, 1.54) is 0 Å². The number of carboxylic acids is 1. The van der Waals surface area contributed by atoms with Gasteiger partial charge in [0.25, 0.3) is 0 Å². The van der Waals surface area contributed by atoms with Crippen molar-refractivity contribution in [1.29, 1.82) is 0 Å². The van der Waals surface area contributed by atoms with E-state index in [0.717, 1.165) is 11.3 Å². The first-order chi connectivity index (χ1) is 12.0. The summed E-state index contributed by atoms with van der Waals surface area (Å²) in [6, 6.07) is 9.23. The van der Waals surface area contributed by atoms with E-state index in [-0.39, 0.29) is 0 Å². The van der Waals surface area contributed by atoms with Gasteiger partial charge in [0.2, 0.25) is 5.95 Å². The molecule has 1 fully saturated rings. The maximum Gasteiger partial charge on any atom is 0.310 e. The van der Waals surface area contributed by atoms with E-state index in [1.54, 1.807) is 19.4 Å². The number of carbonyl (C=O) groups is 1. The van der Waals surface area contributed by atoms with Crippen LogP contribution in [0.2, 0.25) is 0 Å². The third kappa shape index (κ3) is 3.65. The molecule has 2 heterocycles. The summed E-state index contributed by atoms with van der Waals surface area (Å²) >= 11 is 0. The van der Waals surface area contributed by atoms with Gasteiger partial charge in [-0.25, -0.2) is 4.98 Å². The molecule has 1 aromatic carbocycles. The molecule has 0 saturated carbocycles. The molecule has 3 N–H and O–H groups in total. The Labute approximate surface area is 146 Å². The number of piperidine rings is 1. The number of nitrogen functional groups attached to an aromatic ring is 1. The Bertz CT molecular complexity index is 757. The fourth-order valence-electron chi connectivity index (χ4n) is 3.29. The molecule has 0 amide bonds. The first kappa shape index (κ1) is 17.0. The Morgan fingerprint density at radius 1 is 1.36 bits per heavy atom. The van der Waals surface area contributed by atoms with Crippen LogP contribution in [-0.2, 0) is 11.2 Å². The molecule has 0 aliphatic carbocycles. The van der Waals surface area contributed by atoms with Crippen molar-refractivity contribution in [3.8, 4) is 5.75 Å². The summed E-state index contributed by atoms with van der Waals surface area (Å²) in [5, 5.41) is 9.88. The molecule has 1 aliphatic heterocycles. The lowest BCUT2D eigenvalue weighted by Gasteiger charge is -2.39. The zero-order chi connectivity index (χ0) is 17.9. The zero-order valence-electron chi connectivity index (χ0n) is 14.2. The van der Waals surface area contributed by atoms with Crippen molar-refractivity contribution in [3.05, 3.63) is 42.1 Å². The molecule has 0 unspecified atom stereocenters. The molecule has 0 atom stereocenters. The number of carboxylic acid groups (broad SMARTS) is 1. The maximum atomic E-state index is 12.0. The second-order valence-corrected chi connectivity index (χ2v) is 6.38. The molecular weight excluding hydrogens is 320 g/mol. The van der Waals surface area contributed by atoms with Gasteiger partial charge in [0.05, 0.1) is 12.5 Å². The number of aliphatic carboxylic acids is 1. The number of rotatable bonds is 5. The number of nitrogens with two attached hydrogens (primary N) is 1. The van der Waals surface area contributed by atoms with Crippen molar-refractivity contribution in [2.75, 3.05) is 30.8 Å². The number of ether oxygens (including phenoxy) is 1. The highest BCUT2D eigenvalue weighted by molar-refractivity contribution is 5.75. The molecule has 7 nitrogen and oxygen atoms in total. The zero-order valence-corrected chi connectivity index (χ0v) is 14.2. The number of hydrogen-bond donors (Lipinski definition) is 2. The third-order valence-electron chi connectivity index (χ3n) is 4.80. The maximum absolute atomic E-state index is 12.0. The van der Waals surface area contributed by atoms with E-state index >= 15 is 0 Å². The number of methoxy groups -OCH3 is 1. The molecule has 25 heavy (non-hydrogen) atoms. The first-order valence-corrected chi connectivity index (χ1v) is 8.22. The van der Waals surface area contributed by atoms with Crippen LogP contribution in [0.1, 0.15) is 18.4 Å². The number of nitrogens with zero attached hydrogens (tertiary/aromatic N) is 3. The lowest BCUT2D eigenvalue weighted by molar-refractivity contribution is -0.150. The first-order valence-electron chi connectivity index (χ1n) is 8.22. The fraction of sp³-hybridized carbons (Fsp3) is 0.389. The van der Waals surface area contributed by atoms with Gasteiger partial charge in [0, 0.05) is 19.3 Å². The van der Waals surface area contributed by atoms with E-state index in [0.29, 0.717) is 44.1 Å². The van der Waals surface area contributed by atoms with Crippen LogP contribution >= 0.6 is 0 Å². The molecule has 1 aliphatic rings. The lowest BCUT2D eigenvalue weighted by Crippen LogP contribution is -2.46. The van der Waals surface area contributed by atoms with Crippen molar-refractivity contribution >= 4 is 17.7 Å². The molecule has 1 aromatic heterocycles. The normalized spacial score (nSPS) is 16.4. The van der Waals surface area contributed by atoms with Crippen LogP contribution in [-0.4, -0.2) is 41.2 Å². The highest BCUT2D eigenvalue weighted by Crippen LogP contribution is 2.37. The van der Waals surface area contributed by atoms with E-state index in [2.05, 4.69) is 9.97 Å². The molecule has 0 bridgehead atoms. The van der Waals surface area contributed by atoms with Gasteiger partial charge in [-0.1, -0.05) is 12.1 Å². The quantitative estimate of drug-likeness (QED) is 0.856. The summed E-state index contributed by atoms with van der Waals surface area (Å²) < 4.78 is 5.24. The Balaban J connectivity index is 1.75. The van der Waals surface area contributed by atoms with Crippen LogP contribution in [0, 0.1) is 5.41 Å². The summed E-state index contributed by atoms with van der Waals surface area (Å²) in [7, 11) is 1.61. The van der Waals surface area contributed by atoms with Crippen LogP contribution in [0.4, 0.5) is 11.8 Å². The van der Waals surface area contributed by atoms with Gasteiger partial charge in [0.15, 0.2) is 0 Å². The van der Waals surface area contributed by atoms with Crippen LogP contribution in [0.25, 0.3) is 0 Å². The van der Waals surface area contributed by atoms with E-state index in [9.17, 15) is 9.90 Å². The predicted octanol–water partition coefficient (Wildman–Crippen LogP) is 1.98. The Morgan fingerprint density at radius 2 is 2.12 bits per heavy atom. The van der Waals surface area contributed by atoms with Crippen LogP contribution in [0.5, 0.6) is 5.75 Å². The van der Waals surface area contributed by atoms with Crippen molar-refractivity contribution in [1.82, 2.24) is 9.97 Å². The number of aromatic nitrogens is 2. The second-order valence-electron chi connectivity index (χ2n) is 6.38.